The molecule has 0 aromatic carbocycles. The molecule has 110 valence electrons. The van der Waals surface area contributed by atoms with Crippen molar-refractivity contribution in [2.24, 2.45) is 0 Å². The lowest BCUT2D eigenvalue weighted by atomic mass is 10.4. The second kappa shape index (κ2) is 16.8. The molecular formula is C14H31NO3. The molecule has 0 bridgehead atoms. The van der Waals surface area contributed by atoms with Crippen molar-refractivity contribution < 1.29 is 14.2 Å². The molecule has 18 heavy (non-hydrogen) atoms. The van der Waals surface area contributed by atoms with Crippen molar-refractivity contribution in [3.8, 4) is 0 Å². The maximum absolute atomic E-state index is 5.43. The molecule has 0 saturated heterocycles. The third-order valence-corrected chi connectivity index (χ3v) is 2.50. The Bertz CT molecular complexity index is 129. The predicted molar refractivity (Wildman–Crippen MR) is 75.1 cm³/mol. The van der Waals surface area contributed by atoms with Crippen molar-refractivity contribution in [2.75, 3.05) is 52.7 Å². The lowest BCUT2D eigenvalue weighted by Gasteiger charge is -2.07. The number of hydrogen-bond acceptors (Lipinski definition) is 4. The smallest absolute Gasteiger partial charge is 0.0701 e. The maximum Gasteiger partial charge on any atom is 0.0701 e. The van der Waals surface area contributed by atoms with Gasteiger partial charge in [0.2, 0.25) is 0 Å². The number of ether oxygens (including phenoxy) is 3. The summed E-state index contributed by atoms with van der Waals surface area (Å²) in [6, 6.07) is 0. The number of rotatable bonds is 15. The molecule has 0 aliphatic carbocycles. The highest BCUT2D eigenvalue weighted by Crippen LogP contribution is 1.88. The van der Waals surface area contributed by atoms with E-state index in [0.29, 0.717) is 13.2 Å². The van der Waals surface area contributed by atoms with Gasteiger partial charge in [0, 0.05) is 26.3 Å². The van der Waals surface area contributed by atoms with Gasteiger partial charge in [-0.2, -0.15) is 0 Å². The van der Waals surface area contributed by atoms with Gasteiger partial charge in [0.25, 0.3) is 0 Å². The fraction of sp³-hybridized carbons (Fsp3) is 1.00. The molecule has 4 heteroatoms. The van der Waals surface area contributed by atoms with Crippen LogP contribution in [0.25, 0.3) is 0 Å². The summed E-state index contributed by atoms with van der Waals surface area (Å²) in [7, 11) is 0. The average molecular weight is 261 g/mol. The molecule has 0 spiro atoms. The highest BCUT2D eigenvalue weighted by Gasteiger charge is 1.91. The standard InChI is InChI=1S/C14H31NO3/c1-3-5-9-16-11-7-15-8-12-18-14-13-17-10-6-4-2/h15H,3-14H2,1-2H3. The minimum absolute atomic E-state index is 0.693. The van der Waals surface area contributed by atoms with Gasteiger partial charge in [-0.1, -0.05) is 26.7 Å². The first-order valence-electron chi connectivity index (χ1n) is 7.35. The van der Waals surface area contributed by atoms with Crippen LogP contribution in [0, 0.1) is 0 Å². The van der Waals surface area contributed by atoms with Gasteiger partial charge in [-0.25, -0.2) is 0 Å². The van der Waals surface area contributed by atoms with Crippen LogP contribution in [0.5, 0.6) is 0 Å². The first kappa shape index (κ1) is 17.8. The van der Waals surface area contributed by atoms with Crippen LogP contribution in [0.3, 0.4) is 0 Å². The van der Waals surface area contributed by atoms with Crippen LogP contribution in [-0.2, 0) is 14.2 Å². The Labute approximate surface area is 112 Å². The minimum atomic E-state index is 0.693. The Morgan fingerprint density at radius 3 is 1.56 bits per heavy atom. The lowest BCUT2D eigenvalue weighted by Crippen LogP contribution is -2.24. The second-order valence-electron chi connectivity index (χ2n) is 4.29. The molecule has 0 amide bonds. The van der Waals surface area contributed by atoms with Crippen LogP contribution in [0.2, 0.25) is 0 Å². The zero-order valence-corrected chi connectivity index (χ0v) is 12.2. The van der Waals surface area contributed by atoms with Gasteiger partial charge < -0.3 is 19.5 Å². The first-order valence-corrected chi connectivity index (χ1v) is 7.35. The topological polar surface area (TPSA) is 39.7 Å². The maximum atomic E-state index is 5.43. The highest BCUT2D eigenvalue weighted by molar-refractivity contribution is 4.45. The largest absolute Gasteiger partial charge is 0.380 e. The third kappa shape index (κ3) is 15.8. The van der Waals surface area contributed by atoms with Gasteiger partial charge in [0.05, 0.1) is 26.4 Å². The normalized spacial score (nSPS) is 11.0. The molecule has 4 nitrogen and oxygen atoms in total. The number of hydrogen-bond donors (Lipinski definition) is 1. The lowest BCUT2D eigenvalue weighted by molar-refractivity contribution is 0.0471. The van der Waals surface area contributed by atoms with Crippen molar-refractivity contribution in [3.63, 3.8) is 0 Å². The number of unbranched alkanes of at least 4 members (excludes halogenated alkanes) is 2. The molecule has 0 fully saturated rings. The molecule has 0 saturated carbocycles. The summed E-state index contributed by atoms with van der Waals surface area (Å²) in [4.78, 5) is 0. The summed E-state index contributed by atoms with van der Waals surface area (Å²) in [5.74, 6) is 0. The molecule has 0 aromatic heterocycles. The van der Waals surface area contributed by atoms with Crippen molar-refractivity contribution in [1.29, 1.82) is 0 Å². The summed E-state index contributed by atoms with van der Waals surface area (Å²) in [6.07, 6.45) is 4.67. The number of nitrogens with one attached hydrogen (secondary N) is 1. The van der Waals surface area contributed by atoms with Crippen LogP contribution in [0.4, 0.5) is 0 Å². The molecule has 0 rings (SSSR count). The minimum Gasteiger partial charge on any atom is -0.380 e. The van der Waals surface area contributed by atoms with Gasteiger partial charge in [-0.15, -0.1) is 0 Å². The molecule has 0 aliphatic heterocycles. The summed E-state index contributed by atoms with van der Waals surface area (Å²) in [5, 5.41) is 3.28. The van der Waals surface area contributed by atoms with Crippen LogP contribution in [0.15, 0.2) is 0 Å². The van der Waals surface area contributed by atoms with E-state index in [1.807, 2.05) is 0 Å². The Hall–Kier alpha value is -0.160. The summed E-state index contributed by atoms with van der Waals surface area (Å²) < 4.78 is 16.3. The fourth-order valence-electron chi connectivity index (χ4n) is 1.33. The molecule has 0 heterocycles. The predicted octanol–water partition coefficient (Wildman–Crippen LogP) is 2.23. The van der Waals surface area contributed by atoms with Gasteiger partial charge in [0.15, 0.2) is 0 Å². The van der Waals surface area contributed by atoms with Crippen LogP contribution in [-0.4, -0.2) is 52.7 Å². The average Bonchev–Trinajstić information content (AvgIpc) is 2.39. The summed E-state index contributed by atoms with van der Waals surface area (Å²) >= 11 is 0. The Morgan fingerprint density at radius 2 is 1.06 bits per heavy atom. The van der Waals surface area contributed by atoms with E-state index in [0.717, 1.165) is 52.4 Å². The Balaban J connectivity index is 2.86. The molecule has 0 unspecified atom stereocenters. The van der Waals surface area contributed by atoms with E-state index in [1.165, 1.54) is 12.8 Å². The molecular weight excluding hydrogens is 230 g/mol. The SMILES string of the molecule is CCCCOCCNCCOCCOCCCC. The van der Waals surface area contributed by atoms with Crippen molar-refractivity contribution in [1.82, 2.24) is 5.32 Å². The zero-order valence-electron chi connectivity index (χ0n) is 12.2. The van der Waals surface area contributed by atoms with E-state index >= 15 is 0 Å². The Morgan fingerprint density at radius 1 is 0.611 bits per heavy atom. The van der Waals surface area contributed by atoms with Crippen LogP contribution >= 0.6 is 0 Å². The van der Waals surface area contributed by atoms with Crippen molar-refractivity contribution in [2.45, 2.75) is 39.5 Å². The van der Waals surface area contributed by atoms with E-state index in [9.17, 15) is 0 Å². The molecule has 0 aliphatic rings. The molecule has 0 radical (unpaired) electrons. The van der Waals surface area contributed by atoms with Gasteiger partial charge in [0.1, 0.15) is 0 Å². The van der Waals surface area contributed by atoms with Crippen LogP contribution in [0.1, 0.15) is 39.5 Å². The molecule has 0 aromatic rings. The summed E-state index contributed by atoms with van der Waals surface area (Å²) in [6.45, 7) is 10.8. The fourth-order valence-corrected chi connectivity index (χ4v) is 1.33. The molecule has 0 atom stereocenters. The third-order valence-electron chi connectivity index (χ3n) is 2.50. The monoisotopic (exact) mass is 261 g/mol. The quantitative estimate of drug-likeness (QED) is 0.459. The summed E-state index contributed by atoms with van der Waals surface area (Å²) in [5.41, 5.74) is 0. The Kier molecular flexibility index (Phi) is 16.7. The van der Waals surface area contributed by atoms with E-state index in [-0.39, 0.29) is 0 Å². The molecule has 1 N–H and O–H groups in total. The first-order chi connectivity index (χ1) is 8.91. The van der Waals surface area contributed by atoms with Crippen molar-refractivity contribution >= 4 is 0 Å². The van der Waals surface area contributed by atoms with E-state index in [2.05, 4.69) is 19.2 Å². The van der Waals surface area contributed by atoms with E-state index < -0.39 is 0 Å². The van der Waals surface area contributed by atoms with Gasteiger partial charge in [-0.3, -0.25) is 0 Å². The van der Waals surface area contributed by atoms with E-state index in [1.54, 1.807) is 0 Å². The highest BCUT2D eigenvalue weighted by atomic mass is 16.5. The van der Waals surface area contributed by atoms with Crippen LogP contribution < -0.4 is 5.32 Å². The zero-order chi connectivity index (χ0) is 13.3. The van der Waals surface area contributed by atoms with Gasteiger partial charge in [-0.05, 0) is 12.8 Å². The van der Waals surface area contributed by atoms with E-state index in [4.69, 9.17) is 14.2 Å². The van der Waals surface area contributed by atoms with Gasteiger partial charge >= 0.3 is 0 Å². The van der Waals surface area contributed by atoms with Crippen molar-refractivity contribution in [3.05, 3.63) is 0 Å². The second-order valence-corrected chi connectivity index (χ2v) is 4.29.